The van der Waals surface area contributed by atoms with Gasteiger partial charge in [-0.2, -0.15) is 0 Å². The summed E-state index contributed by atoms with van der Waals surface area (Å²) in [7, 11) is 1.85. The van der Waals surface area contributed by atoms with Gasteiger partial charge in [0.25, 0.3) is 0 Å². The number of aliphatic hydroxyl groups is 1. The van der Waals surface area contributed by atoms with Gasteiger partial charge in [0.15, 0.2) is 0 Å². The van der Waals surface area contributed by atoms with Crippen molar-refractivity contribution in [1.29, 1.82) is 0 Å². The Labute approximate surface area is 121 Å². The molecule has 0 aromatic carbocycles. The van der Waals surface area contributed by atoms with Crippen molar-refractivity contribution >= 4 is 11.6 Å². The second kappa shape index (κ2) is 6.88. The second-order valence-corrected chi connectivity index (χ2v) is 5.65. The Balaban J connectivity index is 2.02. The van der Waals surface area contributed by atoms with Gasteiger partial charge in [0.05, 0.1) is 5.60 Å². The van der Waals surface area contributed by atoms with Crippen LogP contribution in [0.15, 0.2) is 6.07 Å². The number of hydrogen-bond donors (Lipinski definition) is 3. The monoisotopic (exact) mass is 278 g/mol. The minimum Gasteiger partial charge on any atom is -0.388 e. The highest BCUT2D eigenvalue weighted by molar-refractivity contribution is 5.47. The summed E-state index contributed by atoms with van der Waals surface area (Å²) >= 11 is 0. The molecule has 20 heavy (non-hydrogen) atoms. The lowest BCUT2D eigenvalue weighted by Crippen LogP contribution is -2.36. The average molecular weight is 278 g/mol. The fourth-order valence-electron chi connectivity index (χ4n) is 2.69. The summed E-state index contributed by atoms with van der Waals surface area (Å²) in [5.41, 5.74) is -0.590. The van der Waals surface area contributed by atoms with Gasteiger partial charge in [0.1, 0.15) is 17.5 Å². The van der Waals surface area contributed by atoms with Gasteiger partial charge < -0.3 is 15.7 Å². The van der Waals surface area contributed by atoms with Crippen molar-refractivity contribution in [2.75, 3.05) is 24.2 Å². The average Bonchev–Trinajstić information content (AvgIpc) is 2.70. The number of nitrogens with zero attached hydrogens (tertiary/aromatic N) is 2. The molecular formula is C15H26N4O. The van der Waals surface area contributed by atoms with E-state index in [0.29, 0.717) is 6.54 Å². The van der Waals surface area contributed by atoms with Crippen LogP contribution in [0.2, 0.25) is 0 Å². The van der Waals surface area contributed by atoms with E-state index in [1.54, 1.807) is 0 Å². The van der Waals surface area contributed by atoms with Gasteiger partial charge in [-0.15, -0.1) is 0 Å². The van der Waals surface area contributed by atoms with Crippen LogP contribution < -0.4 is 10.6 Å². The molecule has 0 amide bonds. The lowest BCUT2D eigenvalue weighted by Gasteiger charge is -2.27. The maximum absolute atomic E-state index is 10.6. The van der Waals surface area contributed by atoms with Crippen molar-refractivity contribution in [1.82, 2.24) is 9.97 Å². The molecule has 0 aliphatic heterocycles. The van der Waals surface area contributed by atoms with Crippen LogP contribution in [0.25, 0.3) is 0 Å². The first kappa shape index (κ1) is 15.0. The van der Waals surface area contributed by atoms with Gasteiger partial charge in [0.2, 0.25) is 0 Å². The second-order valence-electron chi connectivity index (χ2n) is 5.65. The molecular weight excluding hydrogens is 252 g/mol. The van der Waals surface area contributed by atoms with Crippen LogP contribution in [0.3, 0.4) is 0 Å². The van der Waals surface area contributed by atoms with Crippen LogP contribution in [0.1, 0.15) is 51.3 Å². The van der Waals surface area contributed by atoms with Gasteiger partial charge in [-0.1, -0.05) is 32.6 Å². The quantitative estimate of drug-likeness (QED) is 0.722. The van der Waals surface area contributed by atoms with Gasteiger partial charge in [-0.25, -0.2) is 9.97 Å². The number of rotatable bonds is 5. The third kappa shape index (κ3) is 4.07. The molecule has 0 radical (unpaired) electrons. The van der Waals surface area contributed by atoms with Gasteiger partial charge in [0, 0.05) is 26.1 Å². The van der Waals surface area contributed by atoms with Crippen molar-refractivity contribution in [3.05, 3.63) is 11.9 Å². The fraction of sp³-hybridized carbons (Fsp3) is 0.733. The minimum atomic E-state index is -0.590. The number of hydrogen-bond acceptors (Lipinski definition) is 5. The maximum atomic E-state index is 10.6. The van der Waals surface area contributed by atoms with Crippen LogP contribution in [-0.2, 0) is 6.42 Å². The van der Waals surface area contributed by atoms with Gasteiger partial charge in [-0.3, -0.25) is 0 Å². The molecule has 0 atom stereocenters. The minimum absolute atomic E-state index is 0.566. The predicted molar refractivity (Wildman–Crippen MR) is 82.1 cm³/mol. The third-order valence-corrected chi connectivity index (χ3v) is 3.98. The highest BCUT2D eigenvalue weighted by Gasteiger charge is 2.27. The third-order valence-electron chi connectivity index (χ3n) is 3.98. The molecule has 2 rings (SSSR count). The molecule has 0 spiro atoms. The molecule has 1 aliphatic carbocycles. The first-order valence-corrected chi connectivity index (χ1v) is 7.67. The summed E-state index contributed by atoms with van der Waals surface area (Å²) in [6.07, 6.45) is 7.26. The van der Waals surface area contributed by atoms with E-state index in [1.165, 1.54) is 12.8 Å². The van der Waals surface area contributed by atoms with E-state index in [0.717, 1.165) is 49.6 Å². The van der Waals surface area contributed by atoms with Crippen molar-refractivity contribution in [2.45, 2.75) is 57.5 Å². The van der Waals surface area contributed by atoms with E-state index in [2.05, 4.69) is 20.6 Å². The number of aromatic nitrogens is 2. The number of nitrogens with one attached hydrogen (secondary N) is 2. The van der Waals surface area contributed by atoms with E-state index in [-0.39, 0.29) is 0 Å². The number of aryl methyl sites for hydroxylation is 1. The predicted octanol–water partition coefficient (Wildman–Crippen LogP) is 2.58. The molecule has 1 aromatic rings. The SMILES string of the molecule is CCc1nc(NC)cc(NCC2(O)CCCCCC2)n1. The normalized spacial score (nSPS) is 18.4. The van der Waals surface area contributed by atoms with E-state index in [4.69, 9.17) is 0 Å². The van der Waals surface area contributed by atoms with Crippen molar-refractivity contribution in [3.8, 4) is 0 Å². The van der Waals surface area contributed by atoms with Crippen LogP contribution in [-0.4, -0.2) is 34.3 Å². The largest absolute Gasteiger partial charge is 0.388 e. The smallest absolute Gasteiger partial charge is 0.132 e. The van der Waals surface area contributed by atoms with Crippen molar-refractivity contribution < 1.29 is 5.11 Å². The fourth-order valence-corrected chi connectivity index (χ4v) is 2.69. The molecule has 1 aliphatic rings. The molecule has 1 saturated carbocycles. The molecule has 0 unspecified atom stereocenters. The molecule has 1 heterocycles. The summed E-state index contributed by atoms with van der Waals surface area (Å²) in [5, 5.41) is 17.0. The molecule has 3 N–H and O–H groups in total. The van der Waals surface area contributed by atoms with Crippen LogP contribution in [0.4, 0.5) is 11.6 Å². The van der Waals surface area contributed by atoms with E-state index < -0.39 is 5.60 Å². The summed E-state index contributed by atoms with van der Waals surface area (Å²) in [6, 6.07) is 1.89. The molecule has 0 bridgehead atoms. The first-order valence-electron chi connectivity index (χ1n) is 7.67. The standard InChI is InChI=1S/C15H26N4O/c1-3-12-18-13(16-2)10-14(19-12)17-11-15(20)8-6-4-5-7-9-15/h10,20H,3-9,11H2,1-2H3,(H2,16,17,18,19). The molecule has 5 nitrogen and oxygen atoms in total. The van der Waals surface area contributed by atoms with Crippen LogP contribution >= 0.6 is 0 Å². The van der Waals surface area contributed by atoms with Crippen LogP contribution in [0.5, 0.6) is 0 Å². The molecule has 1 fully saturated rings. The van der Waals surface area contributed by atoms with Crippen molar-refractivity contribution in [3.63, 3.8) is 0 Å². The number of anilines is 2. The van der Waals surface area contributed by atoms with E-state index in [9.17, 15) is 5.11 Å². The van der Waals surface area contributed by atoms with E-state index >= 15 is 0 Å². The van der Waals surface area contributed by atoms with Gasteiger partial charge in [-0.05, 0) is 12.8 Å². The van der Waals surface area contributed by atoms with Crippen LogP contribution in [0, 0.1) is 0 Å². The van der Waals surface area contributed by atoms with Gasteiger partial charge >= 0.3 is 0 Å². The summed E-state index contributed by atoms with van der Waals surface area (Å²) in [5.74, 6) is 2.42. The Morgan fingerprint density at radius 2 is 1.80 bits per heavy atom. The highest BCUT2D eigenvalue weighted by Crippen LogP contribution is 2.27. The molecule has 112 valence electrons. The Morgan fingerprint density at radius 3 is 2.40 bits per heavy atom. The molecule has 0 saturated heterocycles. The Hall–Kier alpha value is -1.36. The highest BCUT2D eigenvalue weighted by atomic mass is 16.3. The molecule has 5 heteroatoms. The van der Waals surface area contributed by atoms with E-state index in [1.807, 2.05) is 20.0 Å². The zero-order chi connectivity index (χ0) is 14.4. The van der Waals surface area contributed by atoms with Crippen molar-refractivity contribution in [2.24, 2.45) is 0 Å². The first-order chi connectivity index (χ1) is 9.65. The lowest BCUT2D eigenvalue weighted by molar-refractivity contribution is 0.0380. The summed E-state index contributed by atoms with van der Waals surface area (Å²) < 4.78 is 0. The summed E-state index contributed by atoms with van der Waals surface area (Å²) in [4.78, 5) is 8.84. The zero-order valence-corrected chi connectivity index (χ0v) is 12.6. The Kier molecular flexibility index (Phi) is 5.17. The molecule has 1 aromatic heterocycles. The Bertz CT molecular complexity index is 406. The zero-order valence-electron chi connectivity index (χ0n) is 12.6. The Morgan fingerprint density at radius 1 is 1.15 bits per heavy atom. The lowest BCUT2D eigenvalue weighted by atomic mass is 9.94. The topological polar surface area (TPSA) is 70.1 Å². The maximum Gasteiger partial charge on any atom is 0.132 e. The summed E-state index contributed by atoms with van der Waals surface area (Å²) in [6.45, 7) is 2.60.